The molecule has 1 aliphatic heterocycles. The van der Waals surface area contributed by atoms with Crippen LogP contribution in [0.4, 0.5) is 4.79 Å². The highest BCUT2D eigenvalue weighted by Crippen LogP contribution is 2.28. The summed E-state index contributed by atoms with van der Waals surface area (Å²) in [5.74, 6) is 0.872. The Kier molecular flexibility index (Phi) is 5.05. The van der Waals surface area contributed by atoms with E-state index in [1.54, 1.807) is 0 Å². The number of nitrogens with zero attached hydrogens (tertiary/aromatic N) is 1. The van der Waals surface area contributed by atoms with Gasteiger partial charge in [0.15, 0.2) is 0 Å². The van der Waals surface area contributed by atoms with Gasteiger partial charge in [-0.2, -0.15) is 0 Å². The van der Waals surface area contributed by atoms with E-state index in [-0.39, 0.29) is 0 Å². The van der Waals surface area contributed by atoms with Crippen LogP contribution in [0.3, 0.4) is 0 Å². The van der Waals surface area contributed by atoms with E-state index in [1.165, 1.54) is 16.0 Å². The van der Waals surface area contributed by atoms with Crippen LogP contribution in [0.25, 0.3) is 0 Å². The Morgan fingerprint density at radius 1 is 1.13 bits per heavy atom. The van der Waals surface area contributed by atoms with Gasteiger partial charge in [-0.05, 0) is 64.3 Å². The smallest absolute Gasteiger partial charge is 0.407 e. The Morgan fingerprint density at radius 2 is 1.78 bits per heavy atom. The molecule has 0 aliphatic carbocycles. The van der Waals surface area contributed by atoms with Crippen LogP contribution in [0, 0.1) is 3.57 Å². The number of hydrogen-bond acceptors (Lipinski definition) is 2. The lowest BCUT2D eigenvalue weighted by Gasteiger charge is -2.15. The SMILES string of the molecule is O=C(O)N1CCc2cc(I)c(OCc3ccccc3)cc2CC1. The highest BCUT2D eigenvalue weighted by Gasteiger charge is 2.19. The number of ether oxygens (including phenoxy) is 1. The number of amides is 1. The Labute approximate surface area is 149 Å². The van der Waals surface area contributed by atoms with E-state index in [9.17, 15) is 4.79 Å². The highest BCUT2D eigenvalue weighted by atomic mass is 127. The van der Waals surface area contributed by atoms with Crippen molar-refractivity contribution in [1.29, 1.82) is 0 Å². The molecule has 0 saturated carbocycles. The summed E-state index contributed by atoms with van der Waals surface area (Å²) < 4.78 is 7.04. The molecule has 0 unspecified atom stereocenters. The highest BCUT2D eigenvalue weighted by molar-refractivity contribution is 14.1. The van der Waals surface area contributed by atoms with Crippen molar-refractivity contribution in [2.24, 2.45) is 0 Å². The lowest BCUT2D eigenvalue weighted by atomic mass is 10.0. The molecule has 3 rings (SSSR count). The molecule has 5 heteroatoms. The van der Waals surface area contributed by atoms with E-state index >= 15 is 0 Å². The minimum Gasteiger partial charge on any atom is -0.488 e. The summed E-state index contributed by atoms with van der Waals surface area (Å²) in [5.41, 5.74) is 3.55. The Balaban J connectivity index is 1.75. The lowest BCUT2D eigenvalue weighted by Crippen LogP contribution is -2.31. The molecule has 120 valence electrons. The van der Waals surface area contributed by atoms with Crippen molar-refractivity contribution in [3.8, 4) is 5.75 Å². The average Bonchev–Trinajstić information content (AvgIpc) is 2.76. The average molecular weight is 423 g/mol. The zero-order valence-corrected chi connectivity index (χ0v) is 14.8. The summed E-state index contributed by atoms with van der Waals surface area (Å²) in [6.45, 7) is 1.64. The second-order valence-electron chi connectivity index (χ2n) is 5.60. The molecule has 0 aromatic heterocycles. The van der Waals surface area contributed by atoms with Gasteiger partial charge in [-0.1, -0.05) is 30.3 Å². The first-order valence-corrected chi connectivity index (χ1v) is 8.67. The van der Waals surface area contributed by atoms with Crippen molar-refractivity contribution < 1.29 is 14.6 Å². The summed E-state index contributed by atoms with van der Waals surface area (Å²) in [5, 5.41) is 9.16. The fourth-order valence-corrected chi connectivity index (χ4v) is 3.45. The number of rotatable bonds is 3. The van der Waals surface area contributed by atoms with Gasteiger partial charge in [-0.3, -0.25) is 0 Å². The third-order valence-electron chi connectivity index (χ3n) is 4.06. The maximum absolute atomic E-state index is 11.2. The van der Waals surface area contributed by atoms with Crippen molar-refractivity contribution in [2.45, 2.75) is 19.4 Å². The van der Waals surface area contributed by atoms with E-state index < -0.39 is 6.09 Å². The first-order valence-electron chi connectivity index (χ1n) is 7.59. The molecule has 2 aromatic rings. The van der Waals surface area contributed by atoms with Crippen LogP contribution in [0.1, 0.15) is 16.7 Å². The normalized spacial score (nSPS) is 14.0. The predicted molar refractivity (Wildman–Crippen MR) is 96.9 cm³/mol. The minimum absolute atomic E-state index is 0.539. The van der Waals surface area contributed by atoms with Gasteiger partial charge in [0, 0.05) is 13.1 Å². The lowest BCUT2D eigenvalue weighted by molar-refractivity contribution is 0.147. The van der Waals surface area contributed by atoms with Crippen molar-refractivity contribution in [3.05, 3.63) is 62.7 Å². The zero-order valence-electron chi connectivity index (χ0n) is 12.7. The standard InChI is InChI=1S/C18H18INO3/c19-16-10-14-6-8-20(18(21)22)9-7-15(14)11-17(16)23-12-13-4-2-1-3-5-13/h1-5,10-11H,6-9,12H2,(H,21,22). The van der Waals surface area contributed by atoms with Gasteiger partial charge in [0.2, 0.25) is 0 Å². The van der Waals surface area contributed by atoms with Crippen LogP contribution in [-0.2, 0) is 19.4 Å². The van der Waals surface area contributed by atoms with Gasteiger partial charge >= 0.3 is 6.09 Å². The number of fused-ring (bicyclic) bond motifs is 1. The number of halogens is 1. The number of carbonyl (C=O) groups is 1. The summed E-state index contributed by atoms with van der Waals surface area (Å²) in [7, 11) is 0. The quantitative estimate of drug-likeness (QED) is 0.761. The third kappa shape index (κ3) is 3.96. The molecule has 0 radical (unpaired) electrons. The van der Waals surface area contributed by atoms with Crippen molar-refractivity contribution in [1.82, 2.24) is 4.90 Å². The van der Waals surface area contributed by atoms with Crippen molar-refractivity contribution in [3.63, 3.8) is 0 Å². The predicted octanol–water partition coefficient (Wildman–Crippen LogP) is 3.95. The van der Waals surface area contributed by atoms with Gasteiger partial charge in [-0.25, -0.2) is 4.79 Å². The van der Waals surface area contributed by atoms with Gasteiger partial charge in [0.05, 0.1) is 3.57 Å². The van der Waals surface area contributed by atoms with Gasteiger partial charge in [0.1, 0.15) is 12.4 Å². The van der Waals surface area contributed by atoms with Crippen LogP contribution >= 0.6 is 22.6 Å². The molecule has 23 heavy (non-hydrogen) atoms. The molecule has 1 amide bonds. The summed E-state index contributed by atoms with van der Waals surface area (Å²) in [4.78, 5) is 12.6. The van der Waals surface area contributed by atoms with Crippen LogP contribution in [0.2, 0.25) is 0 Å². The largest absolute Gasteiger partial charge is 0.488 e. The van der Waals surface area contributed by atoms with Crippen LogP contribution < -0.4 is 4.74 Å². The minimum atomic E-state index is -0.840. The van der Waals surface area contributed by atoms with E-state index in [0.717, 1.165) is 27.7 Å². The maximum Gasteiger partial charge on any atom is 0.407 e. The van der Waals surface area contributed by atoms with Gasteiger partial charge in [0.25, 0.3) is 0 Å². The number of hydrogen-bond donors (Lipinski definition) is 1. The molecule has 0 fully saturated rings. The van der Waals surface area contributed by atoms with Crippen LogP contribution in [-0.4, -0.2) is 29.2 Å². The molecule has 1 N–H and O–H groups in total. The summed E-state index contributed by atoms with van der Waals surface area (Å²) >= 11 is 2.29. The Morgan fingerprint density at radius 3 is 2.43 bits per heavy atom. The third-order valence-corrected chi connectivity index (χ3v) is 4.91. The fraction of sp³-hybridized carbons (Fsp3) is 0.278. The first kappa shape index (κ1) is 16.1. The zero-order chi connectivity index (χ0) is 16.2. The molecule has 4 nitrogen and oxygen atoms in total. The van der Waals surface area contributed by atoms with Crippen LogP contribution in [0.5, 0.6) is 5.75 Å². The molecular formula is C18H18INO3. The first-order chi connectivity index (χ1) is 11.1. The second-order valence-corrected chi connectivity index (χ2v) is 6.76. The van der Waals surface area contributed by atoms with E-state index in [1.807, 2.05) is 30.3 Å². The molecule has 0 saturated heterocycles. The van der Waals surface area contributed by atoms with Crippen molar-refractivity contribution >= 4 is 28.7 Å². The summed E-state index contributed by atoms with van der Waals surface area (Å²) in [6, 6.07) is 14.3. The summed E-state index contributed by atoms with van der Waals surface area (Å²) in [6.07, 6.45) is 0.657. The molecule has 1 heterocycles. The van der Waals surface area contributed by atoms with Gasteiger partial charge < -0.3 is 14.7 Å². The van der Waals surface area contributed by atoms with E-state index in [0.29, 0.717) is 19.7 Å². The Bertz CT molecular complexity index is 703. The molecule has 0 atom stereocenters. The number of carboxylic acid groups (broad SMARTS) is 1. The second kappa shape index (κ2) is 7.21. The van der Waals surface area contributed by atoms with Gasteiger partial charge in [-0.15, -0.1) is 0 Å². The molecule has 1 aliphatic rings. The monoisotopic (exact) mass is 423 g/mol. The topological polar surface area (TPSA) is 49.8 Å². The molecule has 0 spiro atoms. The van der Waals surface area contributed by atoms with E-state index in [4.69, 9.17) is 9.84 Å². The fourth-order valence-electron chi connectivity index (χ4n) is 2.76. The molecule has 0 bridgehead atoms. The number of benzene rings is 2. The van der Waals surface area contributed by atoms with Crippen LogP contribution in [0.15, 0.2) is 42.5 Å². The molecule has 2 aromatic carbocycles. The molecular weight excluding hydrogens is 405 g/mol. The Hall–Kier alpha value is -1.76. The maximum atomic E-state index is 11.2. The van der Waals surface area contributed by atoms with Crippen molar-refractivity contribution in [2.75, 3.05) is 13.1 Å². The van der Waals surface area contributed by atoms with E-state index in [2.05, 4.69) is 34.7 Å².